The number of carbonyl (C=O) groups is 1. The van der Waals surface area contributed by atoms with Crippen molar-refractivity contribution in [2.24, 2.45) is 0 Å². The Labute approximate surface area is 117 Å². The van der Waals surface area contributed by atoms with E-state index in [-0.39, 0.29) is 17.8 Å². The van der Waals surface area contributed by atoms with Crippen molar-refractivity contribution in [1.82, 2.24) is 4.90 Å². The highest BCUT2D eigenvalue weighted by Gasteiger charge is 2.35. The molecular formula is C17H16FNO. The topological polar surface area (TPSA) is 20.3 Å². The van der Waals surface area contributed by atoms with E-state index >= 15 is 0 Å². The van der Waals surface area contributed by atoms with Crippen molar-refractivity contribution < 1.29 is 9.18 Å². The average molecular weight is 269 g/mol. The fraction of sp³-hybridized carbons (Fsp3) is 0.235. The van der Waals surface area contributed by atoms with Crippen molar-refractivity contribution in [3.63, 3.8) is 0 Å². The van der Waals surface area contributed by atoms with E-state index in [1.54, 1.807) is 23.1 Å². The van der Waals surface area contributed by atoms with Gasteiger partial charge in [0.1, 0.15) is 5.82 Å². The number of hydrogen-bond acceptors (Lipinski definition) is 1. The molecule has 0 bridgehead atoms. The summed E-state index contributed by atoms with van der Waals surface area (Å²) in [7, 11) is 0. The second-order valence-corrected chi connectivity index (χ2v) is 5.04. The summed E-state index contributed by atoms with van der Waals surface area (Å²) in [6, 6.07) is 14.3. The standard InChI is InChI=1S/C17H16FNO/c1-2-16-13-8-4-5-9-14(13)17(20)19(16)11-12-7-3-6-10-15(12)18/h3-10,16H,2,11H2,1H3. The minimum atomic E-state index is -0.258. The lowest BCUT2D eigenvalue weighted by Gasteiger charge is -2.24. The molecular weight excluding hydrogens is 253 g/mol. The Morgan fingerprint density at radius 3 is 2.55 bits per heavy atom. The van der Waals surface area contributed by atoms with Gasteiger partial charge in [-0.1, -0.05) is 43.3 Å². The number of halogens is 1. The maximum absolute atomic E-state index is 13.8. The summed E-state index contributed by atoms with van der Waals surface area (Å²) >= 11 is 0. The molecule has 1 aliphatic heterocycles. The summed E-state index contributed by atoms with van der Waals surface area (Å²) in [4.78, 5) is 14.3. The second kappa shape index (κ2) is 5.08. The number of hydrogen-bond donors (Lipinski definition) is 0. The van der Waals surface area contributed by atoms with Crippen LogP contribution in [-0.4, -0.2) is 10.8 Å². The molecule has 0 aliphatic carbocycles. The van der Waals surface area contributed by atoms with Gasteiger partial charge in [-0.3, -0.25) is 4.79 Å². The van der Waals surface area contributed by atoms with Gasteiger partial charge in [-0.25, -0.2) is 4.39 Å². The van der Waals surface area contributed by atoms with Crippen LogP contribution in [0.3, 0.4) is 0 Å². The molecule has 3 rings (SSSR count). The summed E-state index contributed by atoms with van der Waals surface area (Å²) < 4.78 is 13.8. The van der Waals surface area contributed by atoms with Crippen LogP contribution in [0.4, 0.5) is 4.39 Å². The normalized spacial score (nSPS) is 17.4. The first-order valence-corrected chi connectivity index (χ1v) is 6.85. The van der Waals surface area contributed by atoms with E-state index in [9.17, 15) is 9.18 Å². The number of carbonyl (C=O) groups excluding carboxylic acids is 1. The zero-order valence-corrected chi connectivity index (χ0v) is 11.3. The molecule has 0 fully saturated rings. The first-order valence-electron chi connectivity index (χ1n) is 6.85. The van der Waals surface area contributed by atoms with Gasteiger partial charge >= 0.3 is 0 Å². The van der Waals surface area contributed by atoms with E-state index in [0.717, 1.165) is 17.5 Å². The molecule has 2 aromatic carbocycles. The lowest BCUT2D eigenvalue weighted by molar-refractivity contribution is 0.0704. The molecule has 20 heavy (non-hydrogen) atoms. The smallest absolute Gasteiger partial charge is 0.255 e. The van der Waals surface area contributed by atoms with Crippen LogP contribution in [-0.2, 0) is 6.54 Å². The second-order valence-electron chi connectivity index (χ2n) is 5.04. The van der Waals surface area contributed by atoms with Gasteiger partial charge in [-0.2, -0.15) is 0 Å². The van der Waals surface area contributed by atoms with Crippen molar-refractivity contribution in [2.75, 3.05) is 0 Å². The van der Waals surface area contributed by atoms with Gasteiger partial charge in [0.05, 0.1) is 6.04 Å². The maximum atomic E-state index is 13.8. The van der Waals surface area contributed by atoms with Gasteiger partial charge in [-0.05, 0) is 24.1 Å². The highest BCUT2D eigenvalue weighted by atomic mass is 19.1. The molecule has 0 radical (unpaired) electrons. The molecule has 3 heteroatoms. The monoisotopic (exact) mass is 269 g/mol. The number of benzene rings is 2. The summed E-state index contributed by atoms with van der Waals surface area (Å²) in [6.07, 6.45) is 0.831. The number of amides is 1. The fourth-order valence-electron chi connectivity index (χ4n) is 2.88. The van der Waals surface area contributed by atoms with Crippen LogP contribution in [0.15, 0.2) is 48.5 Å². The lowest BCUT2D eigenvalue weighted by atomic mass is 10.0. The number of fused-ring (bicyclic) bond motifs is 1. The summed E-state index contributed by atoms with van der Waals surface area (Å²) in [6.45, 7) is 2.37. The molecule has 1 heterocycles. The van der Waals surface area contributed by atoms with Crippen LogP contribution in [0.5, 0.6) is 0 Å². The Balaban J connectivity index is 1.95. The van der Waals surface area contributed by atoms with E-state index in [0.29, 0.717) is 12.1 Å². The first-order chi connectivity index (χ1) is 9.72. The van der Waals surface area contributed by atoms with E-state index < -0.39 is 0 Å². The van der Waals surface area contributed by atoms with E-state index in [2.05, 4.69) is 0 Å². The van der Waals surface area contributed by atoms with Crippen molar-refractivity contribution in [1.29, 1.82) is 0 Å². The largest absolute Gasteiger partial charge is 0.327 e. The van der Waals surface area contributed by atoms with Crippen molar-refractivity contribution in [3.05, 3.63) is 71.0 Å². The Hall–Kier alpha value is -2.16. The van der Waals surface area contributed by atoms with Crippen LogP contribution >= 0.6 is 0 Å². The quantitative estimate of drug-likeness (QED) is 0.826. The molecule has 2 nitrogen and oxygen atoms in total. The third kappa shape index (κ3) is 1.99. The minimum Gasteiger partial charge on any atom is -0.327 e. The molecule has 1 atom stereocenters. The predicted octanol–water partition coefficient (Wildman–Crippen LogP) is 3.93. The molecule has 0 spiro atoms. The van der Waals surface area contributed by atoms with Crippen molar-refractivity contribution in [3.8, 4) is 0 Å². The van der Waals surface area contributed by atoms with E-state index in [1.165, 1.54) is 6.07 Å². The van der Waals surface area contributed by atoms with Gasteiger partial charge < -0.3 is 4.90 Å². The zero-order valence-electron chi connectivity index (χ0n) is 11.3. The Morgan fingerprint density at radius 2 is 1.80 bits per heavy atom. The van der Waals surface area contributed by atoms with Crippen LogP contribution in [0.1, 0.15) is 40.9 Å². The van der Waals surface area contributed by atoms with Gasteiger partial charge in [0.15, 0.2) is 0 Å². The molecule has 2 aromatic rings. The highest BCUT2D eigenvalue weighted by molar-refractivity contribution is 5.99. The first kappa shape index (κ1) is 12.9. The van der Waals surface area contributed by atoms with Crippen LogP contribution in [0.2, 0.25) is 0 Å². The van der Waals surface area contributed by atoms with E-state index in [4.69, 9.17) is 0 Å². The maximum Gasteiger partial charge on any atom is 0.255 e. The van der Waals surface area contributed by atoms with Crippen LogP contribution < -0.4 is 0 Å². The SMILES string of the molecule is CCC1c2ccccc2C(=O)N1Cc1ccccc1F. The molecule has 0 saturated heterocycles. The zero-order chi connectivity index (χ0) is 14.1. The molecule has 1 amide bonds. The molecule has 0 N–H and O–H groups in total. The molecule has 0 aromatic heterocycles. The molecule has 0 saturated carbocycles. The van der Waals surface area contributed by atoms with Crippen LogP contribution in [0, 0.1) is 5.82 Å². The fourth-order valence-corrected chi connectivity index (χ4v) is 2.88. The van der Waals surface area contributed by atoms with E-state index in [1.807, 2.05) is 31.2 Å². The third-order valence-corrected chi connectivity index (χ3v) is 3.87. The molecule has 102 valence electrons. The Kier molecular flexibility index (Phi) is 3.26. The lowest BCUT2D eigenvalue weighted by Crippen LogP contribution is -2.27. The van der Waals surface area contributed by atoms with Gasteiger partial charge in [-0.15, -0.1) is 0 Å². The Morgan fingerprint density at radius 1 is 1.10 bits per heavy atom. The highest BCUT2D eigenvalue weighted by Crippen LogP contribution is 2.36. The minimum absolute atomic E-state index is 0.00398. The molecule has 1 unspecified atom stereocenters. The Bertz CT molecular complexity index is 653. The number of nitrogens with zero attached hydrogens (tertiary/aromatic N) is 1. The van der Waals surface area contributed by atoms with Crippen molar-refractivity contribution >= 4 is 5.91 Å². The van der Waals surface area contributed by atoms with Crippen LogP contribution in [0.25, 0.3) is 0 Å². The van der Waals surface area contributed by atoms with Gasteiger partial charge in [0, 0.05) is 17.7 Å². The molecule has 1 aliphatic rings. The average Bonchev–Trinajstić information content (AvgIpc) is 2.74. The van der Waals surface area contributed by atoms with Crippen molar-refractivity contribution in [2.45, 2.75) is 25.9 Å². The number of rotatable bonds is 3. The van der Waals surface area contributed by atoms with Gasteiger partial charge in [0.25, 0.3) is 5.91 Å². The summed E-state index contributed by atoms with van der Waals surface area (Å²) in [5.74, 6) is -0.262. The van der Waals surface area contributed by atoms with Gasteiger partial charge in [0.2, 0.25) is 0 Å². The third-order valence-electron chi connectivity index (χ3n) is 3.87. The summed E-state index contributed by atoms with van der Waals surface area (Å²) in [5.41, 5.74) is 2.36. The predicted molar refractivity (Wildman–Crippen MR) is 75.7 cm³/mol. The summed E-state index contributed by atoms with van der Waals surface area (Å²) in [5, 5.41) is 0.